The maximum atomic E-state index is 13.5. The van der Waals surface area contributed by atoms with Crippen molar-refractivity contribution in [2.75, 3.05) is 6.61 Å². The van der Waals surface area contributed by atoms with E-state index in [1.807, 2.05) is 43.3 Å². The van der Waals surface area contributed by atoms with Crippen LogP contribution in [0.3, 0.4) is 0 Å². The molecule has 1 amide bonds. The normalized spacial score (nSPS) is 12.0. The van der Waals surface area contributed by atoms with Crippen molar-refractivity contribution in [3.63, 3.8) is 0 Å². The maximum Gasteiger partial charge on any atom is 0.341 e. The number of benzene rings is 1. The minimum absolute atomic E-state index is 0.0545. The Morgan fingerprint density at radius 3 is 2.57 bits per heavy atom. The van der Waals surface area contributed by atoms with Crippen LogP contribution in [0.4, 0.5) is 0 Å². The Labute approximate surface area is 214 Å². The summed E-state index contributed by atoms with van der Waals surface area (Å²) in [6, 6.07) is 14.5. The van der Waals surface area contributed by atoms with Gasteiger partial charge in [-0.05, 0) is 49.6 Å². The van der Waals surface area contributed by atoms with Gasteiger partial charge in [0.2, 0.25) is 0 Å². The third-order valence-electron chi connectivity index (χ3n) is 6.02. The molecule has 0 aliphatic carbocycles. The molecule has 3 aromatic heterocycles. The molecule has 0 saturated heterocycles. The van der Waals surface area contributed by atoms with Gasteiger partial charge in [0.15, 0.2) is 5.49 Å². The zero-order valence-corrected chi connectivity index (χ0v) is 21.3. The van der Waals surface area contributed by atoms with Gasteiger partial charge >= 0.3 is 5.97 Å². The Morgan fingerprint density at radius 2 is 1.84 bits per heavy atom. The third kappa shape index (κ3) is 5.58. The highest BCUT2D eigenvalue weighted by molar-refractivity contribution is 5.96. The Balaban J connectivity index is 2.02. The number of nitrogens with zero attached hydrogens (tertiary/aromatic N) is 4. The van der Waals surface area contributed by atoms with Gasteiger partial charge in [-0.1, -0.05) is 56.2 Å². The van der Waals surface area contributed by atoms with E-state index in [1.165, 1.54) is 16.5 Å². The Morgan fingerprint density at radius 1 is 1.05 bits per heavy atom. The van der Waals surface area contributed by atoms with Crippen LogP contribution in [-0.2, 0) is 16.1 Å². The standard InChI is InChI=1S/C29H30N4O4/c1-4-6-10-17-32-26-22(28(35)33-18-11-12-20(3)25(33)31-26)19-23(29(36)37-5-2)27(32)30-24(34)16-15-21-13-8-7-9-14-21/h7-9,11-16,18-19H,4-6,10,17H2,1-3H3/b16-15-,30-27?. The van der Waals surface area contributed by atoms with E-state index < -0.39 is 11.9 Å². The molecule has 8 heteroatoms. The summed E-state index contributed by atoms with van der Waals surface area (Å²) in [5.74, 6) is -1.19. The largest absolute Gasteiger partial charge is 0.462 e. The fourth-order valence-electron chi connectivity index (χ4n) is 4.17. The number of carbonyl (C=O) groups is 2. The lowest BCUT2D eigenvalue weighted by atomic mass is 10.2. The van der Waals surface area contributed by atoms with Crippen LogP contribution in [0.1, 0.15) is 54.6 Å². The van der Waals surface area contributed by atoms with E-state index in [2.05, 4.69) is 11.9 Å². The van der Waals surface area contributed by atoms with E-state index >= 15 is 0 Å². The number of amides is 1. The van der Waals surface area contributed by atoms with Crippen LogP contribution in [0.2, 0.25) is 0 Å². The lowest BCUT2D eigenvalue weighted by Gasteiger charge is -2.15. The summed E-state index contributed by atoms with van der Waals surface area (Å²) < 4.78 is 8.46. The number of aryl methyl sites for hydroxylation is 2. The van der Waals surface area contributed by atoms with Crippen molar-refractivity contribution < 1.29 is 14.3 Å². The number of rotatable bonds is 8. The quantitative estimate of drug-likeness (QED) is 0.155. The van der Waals surface area contributed by atoms with Crippen molar-refractivity contribution in [3.8, 4) is 0 Å². The third-order valence-corrected chi connectivity index (χ3v) is 6.02. The molecule has 4 rings (SSSR count). The summed E-state index contributed by atoms with van der Waals surface area (Å²) >= 11 is 0. The molecule has 8 nitrogen and oxygen atoms in total. The molecule has 0 unspecified atom stereocenters. The molecule has 0 radical (unpaired) electrons. The smallest absolute Gasteiger partial charge is 0.341 e. The van der Waals surface area contributed by atoms with Crippen LogP contribution in [0.15, 0.2) is 70.6 Å². The van der Waals surface area contributed by atoms with Crippen molar-refractivity contribution in [1.29, 1.82) is 0 Å². The van der Waals surface area contributed by atoms with Gasteiger partial charge in [-0.2, -0.15) is 4.99 Å². The first kappa shape index (κ1) is 25.8. The predicted molar refractivity (Wildman–Crippen MR) is 143 cm³/mol. The van der Waals surface area contributed by atoms with Crippen molar-refractivity contribution >= 4 is 34.6 Å². The zero-order chi connectivity index (χ0) is 26.4. The van der Waals surface area contributed by atoms with Gasteiger partial charge in [0, 0.05) is 18.8 Å². The van der Waals surface area contributed by atoms with Gasteiger partial charge in [0.05, 0.1) is 12.0 Å². The van der Waals surface area contributed by atoms with Crippen LogP contribution in [0.5, 0.6) is 0 Å². The SMILES string of the molecule is CCCCCn1c(=NC(=O)/C=C\c2ccccc2)c(C(=O)OCC)cc2c(=O)n3cccc(C)c3nc21. The van der Waals surface area contributed by atoms with Crippen LogP contribution >= 0.6 is 0 Å². The van der Waals surface area contributed by atoms with E-state index in [4.69, 9.17) is 9.72 Å². The number of hydrogen-bond donors (Lipinski definition) is 0. The second-order valence-electron chi connectivity index (χ2n) is 8.69. The topological polar surface area (TPSA) is 95.0 Å². The molecule has 1 aromatic carbocycles. The number of ether oxygens (including phenoxy) is 1. The molecule has 0 N–H and O–H groups in total. The summed E-state index contributed by atoms with van der Waals surface area (Å²) in [6.07, 6.45) is 7.33. The molecule has 0 saturated carbocycles. The Bertz CT molecular complexity index is 1610. The molecule has 37 heavy (non-hydrogen) atoms. The number of esters is 1. The summed E-state index contributed by atoms with van der Waals surface area (Å²) in [4.78, 5) is 48.6. The summed E-state index contributed by atoms with van der Waals surface area (Å²) in [6.45, 7) is 6.24. The van der Waals surface area contributed by atoms with Gasteiger partial charge in [-0.3, -0.25) is 14.0 Å². The molecular formula is C29H30N4O4. The number of pyridine rings is 2. The van der Waals surface area contributed by atoms with E-state index in [9.17, 15) is 14.4 Å². The number of hydrogen-bond acceptors (Lipinski definition) is 5. The van der Waals surface area contributed by atoms with Gasteiger partial charge in [-0.15, -0.1) is 0 Å². The minimum atomic E-state index is -0.652. The molecule has 0 atom stereocenters. The number of unbranched alkanes of at least 4 members (excludes halogenated alkanes) is 2. The molecule has 3 heterocycles. The second-order valence-corrected chi connectivity index (χ2v) is 8.69. The Kier molecular flexibility index (Phi) is 8.08. The van der Waals surface area contributed by atoms with Crippen molar-refractivity contribution in [2.45, 2.75) is 46.6 Å². The number of aromatic nitrogens is 3. The van der Waals surface area contributed by atoms with Crippen LogP contribution < -0.4 is 11.0 Å². The van der Waals surface area contributed by atoms with Crippen LogP contribution in [0.25, 0.3) is 22.8 Å². The predicted octanol–water partition coefficient (Wildman–Crippen LogP) is 4.47. The highest BCUT2D eigenvalue weighted by Crippen LogP contribution is 2.14. The molecule has 0 aliphatic rings. The van der Waals surface area contributed by atoms with E-state index in [0.29, 0.717) is 17.8 Å². The highest BCUT2D eigenvalue weighted by Gasteiger charge is 2.20. The lowest BCUT2D eigenvalue weighted by Crippen LogP contribution is -2.32. The van der Waals surface area contributed by atoms with Gasteiger partial charge in [0.25, 0.3) is 11.5 Å². The van der Waals surface area contributed by atoms with Crippen molar-refractivity contribution in [1.82, 2.24) is 14.0 Å². The summed E-state index contributed by atoms with van der Waals surface area (Å²) in [5, 5.41) is 0.258. The summed E-state index contributed by atoms with van der Waals surface area (Å²) in [5.41, 5.74) is 2.45. The minimum Gasteiger partial charge on any atom is -0.462 e. The van der Waals surface area contributed by atoms with Crippen molar-refractivity contribution in [2.24, 2.45) is 4.99 Å². The monoisotopic (exact) mass is 498 g/mol. The first-order valence-electron chi connectivity index (χ1n) is 12.5. The van der Waals surface area contributed by atoms with Gasteiger partial charge < -0.3 is 9.30 Å². The molecule has 0 aliphatic heterocycles. The summed E-state index contributed by atoms with van der Waals surface area (Å²) in [7, 11) is 0. The number of carbonyl (C=O) groups excluding carboxylic acids is 2. The molecular weight excluding hydrogens is 468 g/mol. The average molecular weight is 499 g/mol. The van der Waals surface area contributed by atoms with E-state index in [-0.39, 0.29) is 28.6 Å². The second kappa shape index (κ2) is 11.6. The first-order valence-corrected chi connectivity index (χ1v) is 12.5. The molecule has 0 spiro atoms. The average Bonchev–Trinajstić information content (AvgIpc) is 2.90. The van der Waals surface area contributed by atoms with E-state index in [0.717, 1.165) is 30.4 Å². The highest BCUT2D eigenvalue weighted by atomic mass is 16.5. The van der Waals surface area contributed by atoms with Crippen LogP contribution in [0, 0.1) is 6.92 Å². The molecule has 4 aromatic rings. The number of fused-ring (bicyclic) bond motifs is 2. The van der Waals surface area contributed by atoms with E-state index in [1.54, 1.807) is 29.8 Å². The van der Waals surface area contributed by atoms with Gasteiger partial charge in [-0.25, -0.2) is 9.78 Å². The first-order chi connectivity index (χ1) is 17.9. The maximum absolute atomic E-state index is 13.5. The fraction of sp³-hybridized carbons (Fsp3) is 0.276. The molecule has 0 fully saturated rings. The Hall–Kier alpha value is -4.33. The van der Waals surface area contributed by atoms with Gasteiger partial charge in [0.1, 0.15) is 16.9 Å². The van der Waals surface area contributed by atoms with Crippen molar-refractivity contribution in [3.05, 3.63) is 93.3 Å². The fourth-order valence-corrected chi connectivity index (χ4v) is 4.17. The zero-order valence-electron chi connectivity index (χ0n) is 21.3. The van der Waals surface area contributed by atoms with Crippen LogP contribution in [-0.4, -0.2) is 32.4 Å². The molecule has 190 valence electrons. The lowest BCUT2D eigenvalue weighted by molar-refractivity contribution is -0.113. The molecule has 0 bridgehead atoms.